The first-order valence-corrected chi connectivity index (χ1v) is 8.11. The third-order valence-corrected chi connectivity index (χ3v) is 4.13. The molecule has 2 aromatic carbocycles. The van der Waals surface area contributed by atoms with Crippen molar-refractivity contribution in [1.82, 2.24) is 20.4 Å². The van der Waals surface area contributed by atoms with Gasteiger partial charge in [0.25, 0.3) is 5.91 Å². The molecule has 3 aromatic rings. The van der Waals surface area contributed by atoms with E-state index < -0.39 is 11.7 Å². The van der Waals surface area contributed by atoms with Crippen LogP contribution in [0.4, 0.5) is 4.39 Å². The van der Waals surface area contributed by atoms with Gasteiger partial charge in [0.2, 0.25) is 0 Å². The number of nitrogens with one attached hydrogen (secondary N) is 2. The number of hydrogen-bond donors (Lipinski definition) is 3. The van der Waals surface area contributed by atoms with E-state index in [1.165, 1.54) is 6.07 Å². The molecular weight excluding hydrogens is 335 g/mol. The van der Waals surface area contributed by atoms with E-state index in [0.29, 0.717) is 5.56 Å². The molecule has 7 heteroatoms. The molecule has 0 aliphatic rings. The summed E-state index contributed by atoms with van der Waals surface area (Å²) in [6.07, 6.45) is 0. The molecule has 3 rings (SSSR count). The first kappa shape index (κ1) is 17.5. The fourth-order valence-corrected chi connectivity index (χ4v) is 2.81. The molecule has 0 atom stereocenters. The van der Waals surface area contributed by atoms with E-state index in [4.69, 9.17) is 0 Å². The number of amides is 1. The zero-order chi connectivity index (χ0) is 18.8. The molecule has 0 saturated heterocycles. The number of fused-ring (bicyclic) bond motifs is 1. The van der Waals surface area contributed by atoms with Crippen molar-refractivity contribution in [2.75, 3.05) is 0 Å². The minimum Gasteiger partial charge on any atom is -0.507 e. The molecular formula is C19H19FN4O2. The minimum atomic E-state index is -0.514. The molecule has 0 fully saturated rings. The number of rotatable bonds is 5. The summed E-state index contributed by atoms with van der Waals surface area (Å²) in [5.41, 5.74) is 7.53. The summed E-state index contributed by atoms with van der Waals surface area (Å²) in [7, 11) is 0. The molecule has 0 bridgehead atoms. The van der Waals surface area contributed by atoms with E-state index in [2.05, 4.69) is 27.0 Å². The second-order valence-electron chi connectivity index (χ2n) is 5.83. The fraction of sp³-hybridized carbons (Fsp3) is 0.158. The van der Waals surface area contributed by atoms with Gasteiger partial charge in [0.15, 0.2) is 0 Å². The Morgan fingerprint density at radius 2 is 2.04 bits per heavy atom. The molecule has 0 aliphatic heterocycles. The number of imidazole rings is 1. The molecule has 0 radical (unpaired) electrons. The third kappa shape index (κ3) is 3.23. The predicted octanol–water partition coefficient (Wildman–Crippen LogP) is 3.11. The van der Waals surface area contributed by atoms with Crippen LogP contribution in [0.25, 0.3) is 16.7 Å². The van der Waals surface area contributed by atoms with Crippen LogP contribution in [0.5, 0.6) is 5.75 Å². The number of halogens is 1. The zero-order valence-electron chi connectivity index (χ0n) is 14.5. The van der Waals surface area contributed by atoms with Crippen LogP contribution in [0.15, 0.2) is 43.0 Å². The molecule has 1 heterocycles. The predicted molar refractivity (Wildman–Crippen MR) is 97.8 cm³/mol. The Morgan fingerprint density at radius 3 is 2.77 bits per heavy atom. The lowest BCUT2D eigenvalue weighted by molar-refractivity contribution is 0.0942. The van der Waals surface area contributed by atoms with Gasteiger partial charge < -0.3 is 9.67 Å². The SMILES string of the molecule is C=C(NNC(=O)c1ccc2c(c1)nc(C)n2CC)c1cc(F)ccc1O. The second-order valence-corrected chi connectivity index (χ2v) is 5.83. The smallest absolute Gasteiger partial charge is 0.269 e. The van der Waals surface area contributed by atoms with Gasteiger partial charge in [0.05, 0.1) is 16.7 Å². The van der Waals surface area contributed by atoms with Crippen LogP contribution < -0.4 is 10.9 Å². The van der Waals surface area contributed by atoms with E-state index in [9.17, 15) is 14.3 Å². The number of carbonyl (C=O) groups excluding carboxylic acids is 1. The number of phenolic OH excluding ortho intramolecular Hbond substituents is 1. The van der Waals surface area contributed by atoms with Gasteiger partial charge in [-0.25, -0.2) is 9.37 Å². The number of hydrazine groups is 1. The van der Waals surface area contributed by atoms with Crippen molar-refractivity contribution in [3.63, 3.8) is 0 Å². The number of hydrogen-bond acceptors (Lipinski definition) is 4. The Bertz CT molecular complexity index is 1010. The van der Waals surface area contributed by atoms with Crippen molar-refractivity contribution in [1.29, 1.82) is 0 Å². The summed E-state index contributed by atoms with van der Waals surface area (Å²) < 4.78 is 15.4. The molecule has 0 aliphatic carbocycles. The van der Waals surface area contributed by atoms with Gasteiger partial charge in [-0.3, -0.25) is 15.6 Å². The average molecular weight is 354 g/mol. The monoisotopic (exact) mass is 354 g/mol. The maximum atomic E-state index is 13.3. The summed E-state index contributed by atoms with van der Waals surface area (Å²) in [5.74, 6) is -0.166. The van der Waals surface area contributed by atoms with Gasteiger partial charge in [-0.15, -0.1) is 0 Å². The van der Waals surface area contributed by atoms with Gasteiger partial charge in [-0.1, -0.05) is 6.58 Å². The summed E-state index contributed by atoms with van der Waals surface area (Å²) in [4.78, 5) is 16.8. The highest BCUT2D eigenvalue weighted by molar-refractivity contribution is 5.97. The number of benzene rings is 2. The molecule has 0 unspecified atom stereocenters. The summed E-state index contributed by atoms with van der Waals surface area (Å²) >= 11 is 0. The second kappa shape index (κ2) is 6.87. The fourth-order valence-electron chi connectivity index (χ4n) is 2.81. The lowest BCUT2D eigenvalue weighted by Crippen LogP contribution is -2.35. The number of aromatic nitrogens is 2. The van der Waals surface area contributed by atoms with Gasteiger partial charge in [-0.05, 0) is 50.2 Å². The number of aromatic hydroxyl groups is 1. The normalized spacial score (nSPS) is 10.7. The first-order chi connectivity index (χ1) is 12.4. The van der Waals surface area contributed by atoms with Crippen molar-refractivity contribution in [2.24, 2.45) is 0 Å². The third-order valence-electron chi connectivity index (χ3n) is 4.13. The molecule has 6 nitrogen and oxygen atoms in total. The topological polar surface area (TPSA) is 79.2 Å². The van der Waals surface area contributed by atoms with E-state index >= 15 is 0 Å². The highest BCUT2D eigenvalue weighted by atomic mass is 19.1. The standard InChI is InChI=1S/C19H19FN4O2/c1-4-24-12(3)21-16-9-13(5-7-17(16)24)19(26)23-22-11(2)15-10-14(20)6-8-18(15)25/h5-10,22,25H,2,4H2,1,3H3,(H,23,26). The number of carbonyl (C=O) groups is 1. The van der Waals surface area contributed by atoms with Gasteiger partial charge >= 0.3 is 0 Å². The van der Waals surface area contributed by atoms with Crippen LogP contribution in [0, 0.1) is 12.7 Å². The zero-order valence-corrected chi connectivity index (χ0v) is 14.5. The number of nitrogens with zero attached hydrogens (tertiary/aromatic N) is 2. The average Bonchev–Trinajstić information content (AvgIpc) is 2.95. The maximum Gasteiger partial charge on any atom is 0.269 e. The summed E-state index contributed by atoms with van der Waals surface area (Å²) in [6.45, 7) is 8.45. The highest BCUT2D eigenvalue weighted by Gasteiger charge is 2.12. The van der Waals surface area contributed by atoms with Gasteiger partial charge in [-0.2, -0.15) is 0 Å². The number of aryl methyl sites for hydroxylation is 2. The minimum absolute atomic E-state index is 0.139. The molecule has 3 N–H and O–H groups in total. The Labute approximate surface area is 150 Å². The maximum absolute atomic E-state index is 13.3. The van der Waals surface area contributed by atoms with Gasteiger partial charge in [0.1, 0.15) is 17.4 Å². The highest BCUT2D eigenvalue weighted by Crippen LogP contribution is 2.23. The first-order valence-electron chi connectivity index (χ1n) is 8.11. The largest absolute Gasteiger partial charge is 0.507 e. The van der Waals surface area contributed by atoms with E-state index in [1.54, 1.807) is 12.1 Å². The Balaban J connectivity index is 1.75. The van der Waals surface area contributed by atoms with Crippen LogP contribution in [-0.4, -0.2) is 20.6 Å². The van der Waals surface area contributed by atoms with Crippen molar-refractivity contribution in [2.45, 2.75) is 20.4 Å². The molecule has 0 saturated carbocycles. The lowest BCUT2D eigenvalue weighted by Gasteiger charge is -2.12. The van der Waals surface area contributed by atoms with Crippen molar-refractivity contribution < 1.29 is 14.3 Å². The van der Waals surface area contributed by atoms with Crippen LogP contribution >= 0.6 is 0 Å². The summed E-state index contributed by atoms with van der Waals surface area (Å²) in [6, 6.07) is 8.74. The number of phenols is 1. The molecule has 134 valence electrons. The molecule has 1 aromatic heterocycles. The molecule has 1 amide bonds. The summed E-state index contributed by atoms with van der Waals surface area (Å²) in [5, 5.41) is 9.77. The molecule has 26 heavy (non-hydrogen) atoms. The van der Waals surface area contributed by atoms with Crippen LogP contribution in [0.2, 0.25) is 0 Å². The Morgan fingerprint density at radius 1 is 1.27 bits per heavy atom. The van der Waals surface area contributed by atoms with E-state index in [0.717, 1.165) is 35.5 Å². The van der Waals surface area contributed by atoms with Crippen molar-refractivity contribution in [3.05, 3.63) is 65.7 Å². The molecule has 0 spiro atoms. The van der Waals surface area contributed by atoms with Crippen molar-refractivity contribution in [3.8, 4) is 5.75 Å². The Kier molecular flexibility index (Phi) is 4.62. The van der Waals surface area contributed by atoms with Crippen molar-refractivity contribution >= 4 is 22.6 Å². The van der Waals surface area contributed by atoms with Crippen LogP contribution in [-0.2, 0) is 6.54 Å². The van der Waals surface area contributed by atoms with E-state index in [-0.39, 0.29) is 17.0 Å². The van der Waals surface area contributed by atoms with Gasteiger partial charge in [0, 0.05) is 17.7 Å². The Hall–Kier alpha value is -3.35. The quantitative estimate of drug-likeness (QED) is 0.615. The van der Waals surface area contributed by atoms with Crippen LogP contribution in [0.3, 0.4) is 0 Å². The van der Waals surface area contributed by atoms with E-state index in [1.807, 2.05) is 19.9 Å². The van der Waals surface area contributed by atoms with Crippen LogP contribution in [0.1, 0.15) is 28.7 Å². The lowest BCUT2D eigenvalue weighted by atomic mass is 10.1.